The summed E-state index contributed by atoms with van der Waals surface area (Å²) in [6, 6.07) is 3.46. The van der Waals surface area contributed by atoms with Crippen LogP contribution in [0.3, 0.4) is 0 Å². The molecule has 0 aliphatic carbocycles. The largest absolute Gasteiger partial charge is 0.369 e. The maximum Gasteiger partial charge on any atom is 0.273 e. The minimum Gasteiger partial charge on any atom is -0.369 e. The third-order valence-corrected chi connectivity index (χ3v) is 2.38. The van der Waals surface area contributed by atoms with Gasteiger partial charge in [-0.2, -0.15) is 0 Å². The minimum absolute atomic E-state index is 0.137. The van der Waals surface area contributed by atoms with E-state index in [1.807, 2.05) is 14.1 Å². The minimum atomic E-state index is -0.137. The number of nitrogens with one attached hydrogen (secondary N) is 1. The van der Waals surface area contributed by atoms with Crippen LogP contribution in [0, 0.1) is 0 Å². The molecule has 0 unspecified atom stereocenters. The van der Waals surface area contributed by atoms with Crippen LogP contribution in [0.1, 0.15) is 16.9 Å². The molecule has 1 rings (SSSR count). The zero-order chi connectivity index (χ0) is 13.5. The molecule has 0 saturated heterocycles. The molecule has 6 heteroatoms. The fourth-order valence-corrected chi connectivity index (χ4v) is 1.38. The number of carbonyl (C=O) groups excluding carboxylic acids is 1. The second kappa shape index (κ2) is 6.90. The normalized spacial score (nSPS) is 10.5. The first-order valence-electron chi connectivity index (χ1n) is 5.94. The van der Waals surface area contributed by atoms with E-state index in [2.05, 4.69) is 20.4 Å². The SMILES string of the molecule is CN(C)CCCNc1ccc(C(=O)N(C)C)nn1. The number of nitrogens with zero attached hydrogens (tertiary/aromatic N) is 4. The van der Waals surface area contributed by atoms with Gasteiger partial charge in [0.15, 0.2) is 5.69 Å². The predicted molar refractivity (Wildman–Crippen MR) is 71.7 cm³/mol. The molecule has 1 N–H and O–H groups in total. The number of carbonyl (C=O) groups is 1. The zero-order valence-electron chi connectivity index (χ0n) is 11.5. The van der Waals surface area contributed by atoms with E-state index in [0.29, 0.717) is 11.5 Å². The summed E-state index contributed by atoms with van der Waals surface area (Å²) in [5.74, 6) is 0.561. The smallest absolute Gasteiger partial charge is 0.273 e. The molecule has 6 nitrogen and oxygen atoms in total. The summed E-state index contributed by atoms with van der Waals surface area (Å²) in [6.07, 6.45) is 1.03. The van der Waals surface area contributed by atoms with Crippen molar-refractivity contribution in [2.45, 2.75) is 6.42 Å². The van der Waals surface area contributed by atoms with Gasteiger partial charge in [-0.25, -0.2) is 0 Å². The number of aromatic nitrogens is 2. The van der Waals surface area contributed by atoms with Gasteiger partial charge in [-0.05, 0) is 39.2 Å². The highest BCUT2D eigenvalue weighted by molar-refractivity contribution is 5.91. The third kappa shape index (κ3) is 4.67. The summed E-state index contributed by atoms with van der Waals surface area (Å²) in [7, 11) is 7.47. The van der Waals surface area contributed by atoms with Crippen molar-refractivity contribution in [1.82, 2.24) is 20.0 Å². The molecule has 1 aromatic rings. The van der Waals surface area contributed by atoms with Crippen LogP contribution in [0.25, 0.3) is 0 Å². The van der Waals surface area contributed by atoms with Crippen LogP contribution < -0.4 is 5.32 Å². The summed E-state index contributed by atoms with van der Waals surface area (Å²) in [5.41, 5.74) is 0.360. The molecule has 0 saturated carbocycles. The van der Waals surface area contributed by atoms with E-state index in [1.165, 1.54) is 4.90 Å². The zero-order valence-corrected chi connectivity index (χ0v) is 11.5. The Morgan fingerprint density at radius 2 is 1.94 bits per heavy atom. The Hall–Kier alpha value is -1.69. The highest BCUT2D eigenvalue weighted by Gasteiger charge is 2.09. The van der Waals surface area contributed by atoms with Gasteiger partial charge in [0.1, 0.15) is 5.82 Å². The van der Waals surface area contributed by atoms with Crippen LogP contribution in [-0.2, 0) is 0 Å². The Labute approximate surface area is 108 Å². The van der Waals surface area contributed by atoms with Crippen LogP contribution in [0.4, 0.5) is 5.82 Å². The number of hydrogen-bond donors (Lipinski definition) is 1. The fourth-order valence-electron chi connectivity index (χ4n) is 1.38. The maximum absolute atomic E-state index is 11.6. The Balaban J connectivity index is 2.43. The van der Waals surface area contributed by atoms with Crippen LogP contribution in [0.2, 0.25) is 0 Å². The van der Waals surface area contributed by atoms with E-state index in [9.17, 15) is 4.79 Å². The Morgan fingerprint density at radius 1 is 1.22 bits per heavy atom. The molecule has 0 aliphatic heterocycles. The van der Waals surface area contributed by atoms with E-state index in [-0.39, 0.29) is 5.91 Å². The quantitative estimate of drug-likeness (QED) is 0.748. The molecule has 1 amide bonds. The van der Waals surface area contributed by atoms with Gasteiger partial charge in [0, 0.05) is 20.6 Å². The molecule has 0 radical (unpaired) electrons. The number of hydrogen-bond acceptors (Lipinski definition) is 5. The van der Waals surface area contributed by atoms with Gasteiger partial charge in [0.2, 0.25) is 0 Å². The van der Waals surface area contributed by atoms with Crippen LogP contribution >= 0.6 is 0 Å². The second-order valence-corrected chi connectivity index (χ2v) is 4.59. The van der Waals surface area contributed by atoms with Crippen molar-refractivity contribution in [3.63, 3.8) is 0 Å². The van der Waals surface area contributed by atoms with Crippen molar-refractivity contribution in [1.29, 1.82) is 0 Å². The van der Waals surface area contributed by atoms with Gasteiger partial charge < -0.3 is 15.1 Å². The van der Waals surface area contributed by atoms with Crippen LogP contribution in [-0.4, -0.2) is 67.2 Å². The molecule has 100 valence electrons. The average molecular weight is 251 g/mol. The maximum atomic E-state index is 11.6. The van der Waals surface area contributed by atoms with E-state index in [1.54, 1.807) is 26.2 Å². The van der Waals surface area contributed by atoms with E-state index < -0.39 is 0 Å². The van der Waals surface area contributed by atoms with Gasteiger partial charge >= 0.3 is 0 Å². The van der Waals surface area contributed by atoms with Crippen LogP contribution in [0.15, 0.2) is 12.1 Å². The molecular formula is C12H21N5O. The number of amides is 1. The van der Waals surface area contributed by atoms with Crippen molar-refractivity contribution < 1.29 is 4.79 Å². The Morgan fingerprint density at radius 3 is 2.44 bits per heavy atom. The van der Waals surface area contributed by atoms with Crippen molar-refractivity contribution in [3.05, 3.63) is 17.8 Å². The number of anilines is 1. The molecule has 1 heterocycles. The van der Waals surface area contributed by atoms with Gasteiger partial charge in [0.05, 0.1) is 0 Å². The van der Waals surface area contributed by atoms with E-state index >= 15 is 0 Å². The molecular weight excluding hydrogens is 230 g/mol. The van der Waals surface area contributed by atoms with Gasteiger partial charge in [0.25, 0.3) is 5.91 Å². The highest BCUT2D eigenvalue weighted by Crippen LogP contribution is 2.03. The predicted octanol–water partition coefficient (Wildman–Crippen LogP) is 0.542. The van der Waals surface area contributed by atoms with E-state index in [4.69, 9.17) is 0 Å². The standard InChI is InChI=1S/C12H21N5O/c1-16(2)9-5-8-13-11-7-6-10(14-15-11)12(18)17(3)4/h6-7H,5,8-9H2,1-4H3,(H,13,15). The lowest BCUT2D eigenvalue weighted by atomic mass is 10.3. The van der Waals surface area contributed by atoms with Crippen molar-refractivity contribution >= 4 is 11.7 Å². The molecule has 0 bridgehead atoms. The lowest BCUT2D eigenvalue weighted by Gasteiger charge is -2.11. The third-order valence-electron chi connectivity index (χ3n) is 2.38. The van der Waals surface area contributed by atoms with Crippen LogP contribution in [0.5, 0.6) is 0 Å². The van der Waals surface area contributed by atoms with Crippen molar-refractivity contribution in [2.75, 3.05) is 46.6 Å². The summed E-state index contributed by atoms with van der Waals surface area (Å²) < 4.78 is 0. The summed E-state index contributed by atoms with van der Waals surface area (Å²) >= 11 is 0. The van der Waals surface area contributed by atoms with Gasteiger partial charge in [-0.1, -0.05) is 0 Å². The van der Waals surface area contributed by atoms with Gasteiger partial charge in [-0.3, -0.25) is 4.79 Å². The first-order chi connectivity index (χ1) is 8.50. The molecule has 0 atom stereocenters. The number of rotatable bonds is 6. The lowest BCUT2D eigenvalue weighted by Crippen LogP contribution is -2.23. The van der Waals surface area contributed by atoms with E-state index in [0.717, 1.165) is 19.5 Å². The average Bonchev–Trinajstić information content (AvgIpc) is 2.34. The lowest BCUT2D eigenvalue weighted by molar-refractivity contribution is 0.0821. The first kappa shape index (κ1) is 14.4. The molecule has 1 aromatic heterocycles. The Kier molecular flexibility index (Phi) is 5.51. The summed E-state index contributed by atoms with van der Waals surface area (Å²) in [5, 5.41) is 11.0. The van der Waals surface area contributed by atoms with Gasteiger partial charge in [-0.15, -0.1) is 10.2 Å². The topological polar surface area (TPSA) is 61.4 Å². The molecule has 0 fully saturated rings. The molecule has 0 aromatic carbocycles. The summed E-state index contributed by atoms with van der Waals surface area (Å²) in [4.78, 5) is 15.2. The highest BCUT2D eigenvalue weighted by atomic mass is 16.2. The van der Waals surface area contributed by atoms with Crippen molar-refractivity contribution in [3.8, 4) is 0 Å². The Bertz CT molecular complexity index is 375. The summed E-state index contributed by atoms with van der Waals surface area (Å²) in [6.45, 7) is 1.87. The first-order valence-corrected chi connectivity index (χ1v) is 5.94. The van der Waals surface area contributed by atoms with Crippen molar-refractivity contribution in [2.24, 2.45) is 0 Å². The molecule has 0 spiro atoms. The second-order valence-electron chi connectivity index (χ2n) is 4.59. The monoisotopic (exact) mass is 251 g/mol. The molecule has 18 heavy (non-hydrogen) atoms. The fraction of sp³-hybridized carbons (Fsp3) is 0.583. The molecule has 0 aliphatic rings.